The molecule has 0 spiro atoms. The lowest BCUT2D eigenvalue weighted by Gasteiger charge is -2.11. The van der Waals surface area contributed by atoms with Crippen molar-refractivity contribution in [2.75, 3.05) is 5.32 Å². The second kappa shape index (κ2) is 7.53. The Balaban J connectivity index is 2.23. The molecule has 0 aromatic heterocycles. The van der Waals surface area contributed by atoms with Gasteiger partial charge in [-0.2, -0.15) is 0 Å². The lowest BCUT2D eigenvalue weighted by atomic mass is 10.1. The highest BCUT2D eigenvalue weighted by atomic mass is 32.2. The van der Waals surface area contributed by atoms with E-state index in [2.05, 4.69) is 5.32 Å². The molecule has 2 rings (SSSR count). The summed E-state index contributed by atoms with van der Waals surface area (Å²) in [6.45, 7) is 5.88. The highest BCUT2D eigenvalue weighted by Gasteiger charge is 2.13. The van der Waals surface area contributed by atoms with Crippen LogP contribution in [0.4, 0.5) is 5.69 Å². The molecule has 1 amide bonds. The summed E-state index contributed by atoms with van der Waals surface area (Å²) in [5.41, 5.74) is 8.59. The van der Waals surface area contributed by atoms with Crippen LogP contribution >= 0.6 is 0 Å². The van der Waals surface area contributed by atoms with Crippen molar-refractivity contribution in [3.05, 3.63) is 53.6 Å². The standard InChI is InChI=1S/C18H22N2O2S/c1-4-17(19)18(21)20-14-6-5-7-15(11-14)23(22)16-9-8-12(2)13(3)10-16/h5-11,17H,4,19H2,1-3H3,(H,20,21). The van der Waals surface area contributed by atoms with Gasteiger partial charge in [0, 0.05) is 15.5 Å². The van der Waals surface area contributed by atoms with Crippen LogP contribution in [-0.4, -0.2) is 16.2 Å². The Morgan fingerprint density at radius 2 is 1.83 bits per heavy atom. The molecule has 0 fully saturated rings. The Hall–Kier alpha value is -1.98. The van der Waals surface area contributed by atoms with E-state index in [-0.39, 0.29) is 5.91 Å². The maximum Gasteiger partial charge on any atom is 0.241 e. The third-order valence-electron chi connectivity index (χ3n) is 3.78. The highest BCUT2D eigenvalue weighted by Crippen LogP contribution is 2.21. The number of amides is 1. The Morgan fingerprint density at radius 3 is 2.48 bits per heavy atom. The molecule has 2 aromatic carbocycles. The maximum atomic E-state index is 12.7. The van der Waals surface area contributed by atoms with E-state index in [1.54, 1.807) is 24.3 Å². The topological polar surface area (TPSA) is 72.2 Å². The molecule has 5 heteroatoms. The summed E-state index contributed by atoms with van der Waals surface area (Å²) in [7, 11) is -1.29. The first-order valence-electron chi connectivity index (χ1n) is 7.58. The van der Waals surface area contributed by atoms with Crippen LogP contribution in [0.5, 0.6) is 0 Å². The first-order chi connectivity index (χ1) is 10.9. The molecule has 4 nitrogen and oxygen atoms in total. The lowest BCUT2D eigenvalue weighted by Crippen LogP contribution is -2.34. The van der Waals surface area contributed by atoms with Gasteiger partial charge in [0.1, 0.15) is 0 Å². The number of nitrogens with two attached hydrogens (primary N) is 1. The minimum Gasteiger partial charge on any atom is -0.325 e. The predicted octanol–water partition coefficient (Wildman–Crippen LogP) is 3.15. The number of carbonyl (C=O) groups excluding carboxylic acids is 1. The Bertz CT molecular complexity index is 744. The summed E-state index contributed by atoms with van der Waals surface area (Å²) >= 11 is 0. The molecule has 0 aliphatic rings. The van der Waals surface area contributed by atoms with Crippen molar-refractivity contribution >= 4 is 22.4 Å². The number of nitrogens with one attached hydrogen (secondary N) is 1. The van der Waals surface area contributed by atoms with Gasteiger partial charge < -0.3 is 11.1 Å². The second-order valence-corrected chi connectivity index (χ2v) is 7.03. The zero-order valence-corrected chi connectivity index (χ0v) is 14.4. The molecular formula is C18H22N2O2S. The second-order valence-electron chi connectivity index (χ2n) is 5.55. The van der Waals surface area contributed by atoms with E-state index in [0.717, 1.165) is 10.5 Å². The molecule has 0 aliphatic heterocycles. The van der Waals surface area contributed by atoms with Crippen molar-refractivity contribution in [2.24, 2.45) is 5.73 Å². The van der Waals surface area contributed by atoms with Gasteiger partial charge >= 0.3 is 0 Å². The highest BCUT2D eigenvalue weighted by molar-refractivity contribution is 7.85. The smallest absolute Gasteiger partial charge is 0.241 e. The van der Waals surface area contributed by atoms with E-state index in [0.29, 0.717) is 17.0 Å². The predicted molar refractivity (Wildman–Crippen MR) is 93.9 cm³/mol. The molecule has 2 aromatic rings. The number of rotatable bonds is 5. The van der Waals surface area contributed by atoms with Crippen LogP contribution in [-0.2, 0) is 15.6 Å². The van der Waals surface area contributed by atoms with E-state index >= 15 is 0 Å². The van der Waals surface area contributed by atoms with Crippen molar-refractivity contribution in [3.63, 3.8) is 0 Å². The molecule has 0 saturated heterocycles. The molecule has 0 bridgehead atoms. The Labute approximate surface area is 139 Å². The van der Waals surface area contributed by atoms with E-state index in [9.17, 15) is 9.00 Å². The van der Waals surface area contributed by atoms with E-state index < -0.39 is 16.8 Å². The average Bonchev–Trinajstić information content (AvgIpc) is 2.56. The van der Waals surface area contributed by atoms with Crippen molar-refractivity contribution in [3.8, 4) is 0 Å². The molecule has 23 heavy (non-hydrogen) atoms. The monoisotopic (exact) mass is 330 g/mol. The number of hydrogen-bond donors (Lipinski definition) is 2. The number of anilines is 1. The summed E-state index contributed by atoms with van der Waals surface area (Å²) in [6.07, 6.45) is 0.570. The van der Waals surface area contributed by atoms with Crippen LogP contribution in [0.1, 0.15) is 24.5 Å². The molecular weight excluding hydrogens is 308 g/mol. The van der Waals surface area contributed by atoms with Gasteiger partial charge in [-0.1, -0.05) is 19.1 Å². The molecule has 0 radical (unpaired) electrons. The van der Waals surface area contributed by atoms with Crippen LogP contribution in [0.25, 0.3) is 0 Å². The zero-order valence-electron chi connectivity index (χ0n) is 13.6. The number of carbonyl (C=O) groups is 1. The van der Waals surface area contributed by atoms with Crippen molar-refractivity contribution in [2.45, 2.75) is 43.0 Å². The van der Waals surface area contributed by atoms with Gasteiger partial charge in [0.15, 0.2) is 0 Å². The molecule has 122 valence electrons. The SMILES string of the molecule is CCC(N)C(=O)Nc1cccc(S(=O)c2ccc(C)c(C)c2)c1. The van der Waals surface area contributed by atoms with Crippen molar-refractivity contribution in [1.29, 1.82) is 0 Å². The van der Waals surface area contributed by atoms with Crippen LogP contribution in [0.15, 0.2) is 52.3 Å². The molecule has 0 saturated carbocycles. The summed E-state index contributed by atoms with van der Waals surface area (Å²) in [5.74, 6) is -0.235. The minimum absolute atomic E-state index is 0.235. The van der Waals surface area contributed by atoms with Crippen LogP contribution in [0, 0.1) is 13.8 Å². The summed E-state index contributed by atoms with van der Waals surface area (Å²) in [5, 5.41) is 2.76. The van der Waals surface area contributed by atoms with Crippen LogP contribution in [0.3, 0.4) is 0 Å². The van der Waals surface area contributed by atoms with Gasteiger partial charge in [-0.15, -0.1) is 0 Å². The zero-order chi connectivity index (χ0) is 17.0. The van der Waals surface area contributed by atoms with E-state index in [4.69, 9.17) is 5.73 Å². The molecule has 2 unspecified atom stereocenters. The van der Waals surface area contributed by atoms with Gasteiger partial charge in [-0.05, 0) is 61.7 Å². The van der Waals surface area contributed by atoms with Gasteiger partial charge in [0.25, 0.3) is 0 Å². The molecule has 0 aliphatic carbocycles. The fourth-order valence-electron chi connectivity index (χ4n) is 2.07. The largest absolute Gasteiger partial charge is 0.325 e. The van der Waals surface area contributed by atoms with Gasteiger partial charge in [0.2, 0.25) is 5.91 Å². The van der Waals surface area contributed by atoms with E-state index in [1.807, 2.05) is 39.0 Å². The van der Waals surface area contributed by atoms with Crippen molar-refractivity contribution < 1.29 is 9.00 Å². The first kappa shape index (κ1) is 17.4. The number of aryl methyl sites for hydroxylation is 2. The Morgan fingerprint density at radius 1 is 1.13 bits per heavy atom. The third-order valence-corrected chi connectivity index (χ3v) is 5.15. The normalized spacial score (nSPS) is 13.4. The molecule has 3 N–H and O–H groups in total. The summed E-state index contributed by atoms with van der Waals surface area (Å²) in [4.78, 5) is 13.3. The fraction of sp³-hybridized carbons (Fsp3) is 0.278. The molecule has 0 heterocycles. The quantitative estimate of drug-likeness (QED) is 0.884. The van der Waals surface area contributed by atoms with Crippen LogP contribution < -0.4 is 11.1 Å². The average molecular weight is 330 g/mol. The summed E-state index contributed by atoms with van der Waals surface area (Å²) < 4.78 is 12.7. The maximum absolute atomic E-state index is 12.7. The van der Waals surface area contributed by atoms with Gasteiger partial charge in [-0.3, -0.25) is 4.79 Å². The summed E-state index contributed by atoms with van der Waals surface area (Å²) in [6, 6.07) is 12.3. The molecule has 2 atom stereocenters. The number of hydrogen-bond acceptors (Lipinski definition) is 3. The third kappa shape index (κ3) is 4.27. The Kier molecular flexibility index (Phi) is 5.69. The van der Waals surface area contributed by atoms with Gasteiger partial charge in [-0.25, -0.2) is 4.21 Å². The number of benzene rings is 2. The lowest BCUT2D eigenvalue weighted by molar-refractivity contribution is -0.117. The first-order valence-corrected chi connectivity index (χ1v) is 8.73. The fourth-order valence-corrected chi connectivity index (χ4v) is 3.26. The van der Waals surface area contributed by atoms with Crippen molar-refractivity contribution in [1.82, 2.24) is 0 Å². The van der Waals surface area contributed by atoms with Crippen LogP contribution in [0.2, 0.25) is 0 Å². The van der Waals surface area contributed by atoms with E-state index in [1.165, 1.54) is 5.56 Å². The van der Waals surface area contributed by atoms with Gasteiger partial charge in [0.05, 0.1) is 16.8 Å². The minimum atomic E-state index is -1.29.